The summed E-state index contributed by atoms with van der Waals surface area (Å²) >= 11 is 0. The number of benzene rings is 2. The summed E-state index contributed by atoms with van der Waals surface area (Å²) in [6.07, 6.45) is 0. The van der Waals surface area contributed by atoms with Crippen molar-refractivity contribution in [2.24, 2.45) is 0 Å². The number of carbonyl (C=O) groups excluding carboxylic acids is 1. The van der Waals surface area contributed by atoms with Crippen molar-refractivity contribution < 1.29 is 19.0 Å². The van der Waals surface area contributed by atoms with Gasteiger partial charge >= 0.3 is 0 Å². The Morgan fingerprint density at radius 2 is 1.62 bits per heavy atom. The van der Waals surface area contributed by atoms with Crippen molar-refractivity contribution >= 4 is 11.6 Å². The van der Waals surface area contributed by atoms with Crippen LogP contribution in [-0.4, -0.2) is 40.8 Å². The number of hydrogen-bond acceptors (Lipinski definition) is 5. The highest BCUT2D eigenvalue weighted by atomic mass is 16.5. The Hall–Kier alpha value is -2.89. The second-order valence-corrected chi connectivity index (χ2v) is 5.94. The smallest absolute Gasteiger partial charge is 0.239 e. The highest BCUT2D eigenvalue weighted by Crippen LogP contribution is 2.39. The third-order valence-electron chi connectivity index (χ3n) is 4.14. The molecule has 0 spiro atoms. The summed E-state index contributed by atoms with van der Waals surface area (Å²) in [6.45, 7) is 2.18. The van der Waals surface area contributed by atoms with Crippen LogP contribution in [-0.2, 0) is 4.79 Å². The number of likely N-dealkylation sites (N-methyl/N-ethyl adjacent to an activating group) is 1. The standard InChI is InChI=1S/C20H26N2O4/c1-14(15-11-17(24-3)20(26-5)18(12-15)25-4)21-19(23)13-22(2)16-9-7-6-8-10-16/h6-12,14H,13H2,1-5H3,(H,21,23). The second-order valence-electron chi connectivity index (χ2n) is 5.94. The largest absolute Gasteiger partial charge is 0.493 e. The molecule has 1 N–H and O–H groups in total. The first-order valence-corrected chi connectivity index (χ1v) is 8.35. The average molecular weight is 358 g/mol. The SMILES string of the molecule is COc1cc(C(C)NC(=O)CN(C)c2ccccc2)cc(OC)c1OC. The van der Waals surface area contributed by atoms with Gasteiger partial charge in [0.25, 0.3) is 0 Å². The molecule has 0 heterocycles. The number of nitrogens with zero attached hydrogens (tertiary/aromatic N) is 1. The second kappa shape index (κ2) is 8.99. The van der Waals surface area contributed by atoms with Crippen LogP contribution in [0.2, 0.25) is 0 Å². The minimum absolute atomic E-state index is 0.0717. The van der Waals surface area contributed by atoms with E-state index in [4.69, 9.17) is 14.2 Å². The minimum Gasteiger partial charge on any atom is -0.493 e. The van der Waals surface area contributed by atoms with Crippen molar-refractivity contribution in [3.05, 3.63) is 48.0 Å². The number of para-hydroxylation sites is 1. The van der Waals surface area contributed by atoms with Crippen LogP contribution in [0.4, 0.5) is 5.69 Å². The van der Waals surface area contributed by atoms with Gasteiger partial charge in [0.05, 0.1) is 33.9 Å². The Balaban J connectivity index is 2.09. The first kappa shape index (κ1) is 19.4. The first-order valence-electron chi connectivity index (χ1n) is 8.35. The van der Waals surface area contributed by atoms with Crippen molar-refractivity contribution in [1.82, 2.24) is 5.32 Å². The van der Waals surface area contributed by atoms with Crippen LogP contribution in [0.15, 0.2) is 42.5 Å². The van der Waals surface area contributed by atoms with Crippen molar-refractivity contribution in [1.29, 1.82) is 0 Å². The van der Waals surface area contributed by atoms with E-state index in [0.717, 1.165) is 11.3 Å². The minimum atomic E-state index is -0.208. The molecule has 2 aromatic carbocycles. The highest BCUT2D eigenvalue weighted by molar-refractivity contribution is 5.81. The van der Waals surface area contributed by atoms with Gasteiger partial charge in [-0.15, -0.1) is 0 Å². The van der Waals surface area contributed by atoms with E-state index in [0.29, 0.717) is 17.2 Å². The zero-order valence-electron chi connectivity index (χ0n) is 15.9. The Labute approximate surface area is 154 Å². The molecule has 0 saturated carbocycles. The van der Waals surface area contributed by atoms with Crippen LogP contribution in [0.25, 0.3) is 0 Å². The van der Waals surface area contributed by atoms with E-state index in [2.05, 4.69) is 5.32 Å². The lowest BCUT2D eigenvalue weighted by Gasteiger charge is -2.22. The number of anilines is 1. The summed E-state index contributed by atoms with van der Waals surface area (Å²) in [5.74, 6) is 1.58. The van der Waals surface area contributed by atoms with E-state index in [1.54, 1.807) is 21.3 Å². The molecular weight excluding hydrogens is 332 g/mol. The normalized spacial score (nSPS) is 11.4. The maximum Gasteiger partial charge on any atom is 0.239 e. The highest BCUT2D eigenvalue weighted by Gasteiger charge is 2.18. The average Bonchev–Trinajstić information content (AvgIpc) is 2.67. The zero-order valence-corrected chi connectivity index (χ0v) is 15.9. The lowest BCUT2D eigenvalue weighted by atomic mass is 10.1. The van der Waals surface area contributed by atoms with E-state index in [1.807, 2.05) is 61.3 Å². The molecule has 0 aliphatic carbocycles. The van der Waals surface area contributed by atoms with Crippen molar-refractivity contribution in [2.45, 2.75) is 13.0 Å². The van der Waals surface area contributed by atoms with Crippen LogP contribution in [0.1, 0.15) is 18.5 Å². The van der Waals surface area contributed by atoms with Gasteiger partial charge in [0.2, 0.25) is 11.7 Å². The molecule has 0 radical (unpaired) electrons. The Bertz CT molecular complexity index is 709. The molecule has 0 bridgehead atoms. The predicted octanol–water partition coefficient (Wildman–Crippen LogP) is 3.03. The van der Waals surface area contributed by atoms with E-state index in [1.165, 1.54) is 0 Å². The molecule has 1 unspecified atom stereocenters. The van der Waals surface area contributed by atoms with E-state index in [-0.39, 0.29) is 18.5 Å². The number of rotatable bonds is 8. The molecule has 140 valence electrons. The number of amides is 1. The summed E-state index contributed by atoms with van der Waals surface area (Å²) in [5, 5.41) is 3.00. The van der Waals surface area contributed by atoms with Gasteiger partial charge in [-0.25, -0.2) is 0 Å². The first-order chi connectivity index (χ1) is 12.5. The molecule has 1 atom stereocenters. The predicted molar refractivity (Wildman–Crippen MR) is 102 cm³/mol. The molecule has 6 nitrogen and oxygen atoms in total. The van der Waals surface area contributed by atoms with Gasteiger partial charge < -0.3 is 24.4 Å². The Kier molecular flexibility index (Phi) is 6.72. The number of carbonyl (C=O) groups is 1. The molecule has 1 amide bonds. The van der Waals surface area contributed by atoms with Crippen LogP contribution < -0.4 is 24.4 Å². The number of nitrogens with one attached hydrogen (secondary N) is 1. The third-order valence-corrected chi connectivity index (χ3v) is 4.14. The van der Waals surface area contributed by atoms with Crippen LogP contribution in [0.5, 0.6) is 17.2 Å². The van der Waals surface area contributed by atoms with Gasteiger partial charge in [0, 0.05) is 12.7 Å². The van der Waals surface area contributed by atoms with Gasteiger partial charge in [-0.2, -0.15) is 0 Å². The molecular formula is C20H26N2O4. The molecule has 2 rings (SSSR count). The van der Waals surface area contributed by atoms with Crippen molar-refractivity contribution in [2.75, 3.05) is 39.8 Å². The van der Waals surface area contributed by atoms with E-state index in [9.17, 15) is 4.79 Å². The molecule has 26 heavy (non-hydrogen) atoms. The molecule has 6 heteroatoms. The lowest BCUT2D eigenvalue weighted by molar-refractivity contribution is -0.120. The number of hydrogen-bond donors (Lipinski definition) is 1. The fourth-order valence-corrected chi connectivity index (χ4v) is 2.71. The van der Waals surface area contributed by atoms with Gasteiger partial charge in [-0.3, -0.25) is 4.79 Å². The summed E-state index contributed by atoms with van der Waals surface area (Å²) in [7, 11) is 6.59. The van der Waals surface area contributed by atoms with Crippen molar-refractivity contribution in [3.8, 4) is 17.2 Å². The third kappa shape index (κ3) is 4.59. The molecule has 0 aromatic heterocycles. The summed E-state index contributed by atoms with van der Waals surface area (Å²) in [5.41, 5.74) is 1.86. The summed E-state index contributed by atoms with van der Waals surface area (Å²) < 4.78 is 16.1. The zero-order chi connectivity index (χ0) is 19.1. The fraction of sp³-hybridized carbons (Fsp3) is 0.350. The molecule has 0 saturated heterocycles. The quantitative estimate of drug-likeness (QED) is 0.786. The van der Waals surface area contributed by atoms with Crippen molar-refractivity contribution in [3.63, 3.8) is 0 Å². The molecule has 2 aromatic rings. The van der Waals surface area contributed by atoms with Gasteiger partial charge in [0.15, 0.2) is 11.5 Å². The maximum absolute atomic E-state index is 12.4. The number of methoxy groups -OCH3 is 3. The van der Waals surface area contributed by atoms with Gasteiger partial charge in [-0.05, 0) is 36.8 Å². The Morgan fingerprint density at radius 3 is 2.12 bits per heavy atom. The lowest BCUT2D eigenvalue weighted by Crippen LogP contribution is -2.36. The summed E-state index contributed by atoms with van der Waals surface area (Å²) in [4.78, 5) is 14.3. The molecule has 0 aliphatic rings. The van der Waals surface area contributed by atoms with E-state index < -0.39 is 0 Å². The van der Waals surface area contributed by atoms with Crippen LogP contribution >= 0.6 is 0 Å². The molecule has 0 aliphatic heterocycles. The van der Waals surface area contributed by atoms with Gasteiger partial charge in [-0.1, -0.05) is 18.2 Å². The Morgan fingerprint density at radius 1 is 1.04 bits per heavy atom. The topological polar surface area (TPSA) is 60.0 Å². The maximum atomic E-state index is 12.4. The van der Waals surface area contributed by atoms with Crippen LogP contribution in [0, 0.1) is 0 Å². The molecule has 0 fully saturated rings. The van der Waals surface area contributed by atoms with Gasteiger partial charge in [0.1, 0.15) is 0 Å². The fourth-order valence-electron chi connectivity index (χ4n) is 2.71. The summed E-state index contributed by atoms with van der Waals surface area (Å²) in [6, 6.07) is 13.3. The number of ether oxygens (including phenoxy) is 3. The van der Waals surface area contributed by atoms with Crippen LogP contribution in [0.3, 0.4) is 0 Å². The van der Waals surface area contributed by atoms with E-state index >= 15 is 0 Å². The monoisotopic (exact) mass is 358 g/mol.